The van der Waals surface area contributed by atoms with Crippen LogP contribution in [0.3, 0.4) is 0 Å². The number of thioether (sulfide) groups is 1. The summed E-state index contributed by atoms with van der Waals surface area (Å²) in [5.41, 5.74) is 0.447. The molecule has 6 amide bonds. The van der Waals surface area contributed by atoms with E-state index in [1.165, 1.54) is 35.2 Å². The van der Waals surface area contributed by atoms with Gasteiger partial charge in [-0.3, -0.25) is 33.8 Å². The van der Waals surface area contributed by atoms with Gasteiger partial charge in [0.2, 0.25) is 5.91 Å². The number of ether oxygens (including phenoxy) is 1. The van der Waals surface area contributed by atoms with Crippen LogP contribution in [0.1, 0.15) is 24.1 Å². The number of nitrogens with zero attached hydrogens (tertiary/aromatic N) is 3. The summed E-state index contributed by atoms with van der Waals surface area (Å²) in [5, 5.41) is 35.3. The summed E-state index contributed by atoms with van der Waals surface area (Å²) >= 11 is 1.14. The molecule has 3 aliphatic heterocycles. The molecular formula is C30H28N5NaO11S. The molecule has 5 rings (SSSR count). The van der Waals surface area contributed by atoms with Gasteiger partial charge >= 0.3 is 53.4 Å². The molecule has 2 fully saturated rings. The van der Waals surface area contributed by atoms with Crippen LogP contribution in [0.5, 0.6) is 11.5 Å². The van der Waals surface area contributed by atoms with Gasteiger partial charge in [-0.1, -0.05) is 36.4 Å². The molecule has 4 N–H and O–H groups in total. The van der Waals surface area contributed by atoms with E-state index in [9.17, 15) is 48.9 Å². The molecule has 16 nitrogen and oxygen atoms in total. The van der Waals surface area contributed by atoms with Gasteiger partial charge in [0.25, 0.3) is 5.91 Å². The Balaban J connectivity index is 0.00000520. The number of imide groups is 1. The van der Waals surface area contributed by atoms with Gasteiger partial charge in [-0.2, -0.15) is 0 Å². The Labute approximate surface area is 299 Å². The quantitative estimate of drug-likeness (QED) is 0.0645. The summed E-state index contributed by atoms with van der Waals surface area (Å²) < 4.78 is 4.90. The predicted octanol–water partition coefficient (Wildman–Crippen LogP) is -4.31. The standard InChI is InChI=1S/C30H29N5O11S.Na/c1-15(36)46-13-18-14-47-28-22(25(40)35(28)23(18)29(43)44)31-24(39)21(17-5-3-2-4-6-17)32-30(45)34-10-9-33(26(41)27(34)42)12-16-7-8-19(37)20(38)11-16;/h2-8,11,21-22,28,37-38H,9-10,12-14H2,1H3,(H,31,39)(H,32,45)(H,43,44);/q;+1/p-1/t21?,22-,28+;/m1./s1. The third kappa shape index (κ3) is 7.43. The second-order valence-corrected chi connectivity index (χ2v) is 11.8. The van der Waals surface area contributed by atoms with Gasteiger partial charge in [0.05, 0.1) is 11.7 Å². The van der Waals surface area contributed by atoms with Crippen LogP contribution in [0.2, 0.25) is 0 Å². The van der Waals surface area contributed by atoms with E-state index >= 15 is 0 Å². The molecule has 2 aromatic rings. The second kappa shape index (κ2) is 15.1. The Morgan fingerprint density at radius 2 is 1.73 bits per heavy atom. The molecule has 3 aliphatic rings. The van der Waals surface area contributed by atoms with E-state index in [0.717, 1.165) is 23.6 Å². The van der Waals surface area contributed by atoms with Crippen molar-refractivity contribution in [2.75, 3.05) is 25.4 Å². The fourth-order valence-corrected chi connectivity index (χ4v) is 6.59. The van der Waals surface area contributed by atoms with Crippen LogP contribution in [0.4, 0.5) is 4.79 Å². The average Bonchev–Trinajstić information content (AvgIpc) is 3.04. The molecule has 0 aromatic heterocycles. The van der Waals surface area contributed by atoms with Gasteiger partial charge in [0.1, 0.15) is 24.1 Å². The summed E-state index contributed by atoms with van der Waals surface area (Å²) in [6.07, 6.45) is 0. The van der Waals surface area contributed by atoms with Crippen molar-refractivity contribution in [2.24, 2.45) is 0 Å². The van der Waals surface area contributed by atoms with Crippen molar-refractivity contribution in [1.29, 1.82) is 0 Å². The number of benzene rings is 2. The summed E-state index contributed by atoms with van der Waals surface area (Å²) in [5.74, 6) is -6.71. The zero-order valence-corrected chi connectivity index (χ0v) is 28.5. The largest absolute Gasteiger partial charge is 1.00 e. The first-order valence-electron chi connectivity index (χ1n) is 14.2. The number of phenols is 2. The van der Waals surface area contributed by atoms with Crippen molar-refractivity contribution in [2.45, 2.75) is 30.9 Å². The second-order valence-electron chi connectivity index (χ2n) is 10.7. The van der Waals surface area contributed by atoms with Gasteiger partial charge < -0.3 is 40.4 Å². The van der Waals surface area contributed by atoms with Gasteiger partial charge in [-0.25, -0.2) is 4.79 Å². The number of carbonyl (C=O) groups excluding carboxylic acids is 7. The molecule has 1 unspecified atom stereocenters. The van der Waals surface area contributed by atoms with Crippen LogP contribution in [-0.4, -0.2) is 103 Å². The number of nitrogens with one attached hydrogen (secondary N) is 2. The van der Waals surface area contributed by atoms with Crippen molar-refractivity contribution in [1.82, 2.24) is 25.3 Å². The van der Waals surface area contributed by atoms with Gasteiger partial charge in [0.15, 0.2) is 11.5 Å². The van der Waals surface area contributed by atoms with Crippen molar-refractivity contribution >= 4 is 53.4 Å². The van der Waals surface area contributed by atoms with E-state index in [-0.39, 0.29) is 72.9 Å². The van der Waals surface area contributed by atoms with Crippen LogP contribution in [-0.2, 0) is 40.0 Å². The summed E-state index contributed by atoms with van der Waals surface area (Å²) in [4.78, 5) is 91.7. The number of hydrogen-bond donors (Lipinski definition) is 4. The molecule has 3 atom stereocenters. The van der Waals surface area contributed by atoms with E-state index in [2.05, 4.69) is 10.6 Å². The molecule has 48 heavy (non-hydrogen) atoms. The molecule has 18 heteroatoms. The number of rotatable bonds is 9. The fraction of sp³-hybridized carbons (Fsp3) is 0.300. The Bertz CT molecular complexity index is 1700. The Morgan fingerprint density at radius 3 is 2.38 bits per heavy atom. The molecule has 2 saturated heterocycles. The first kappa shape index (κ1) is 36.3. The van der Waals surface area contributed by atoms with E-state index in [1.807, 2.05) is 0 Å². The minimum Gasteiger partial charge on any atom is -0.543 e. The maximum atomic E-state index is 13.6. The predicted molar refractivity (Wildman–Crippen MR) is 158 cm³/mol. The maximum absolute atomic E-state index is 13.6. The molecule has 0 aliphatic carbocycles. The molecule has 0 bridgehead atoms. The summed E-state index contributed by atoms with van der Waals surface area (Å²) in [6, 6.07) is 8.24. The maximum Gasteiger partial charge on any atom is 1.00 e. The van der Waals surface area contributed by atoms with Crippen molar-refractivity contribution in [3.8, 4) is 11.5 Å². The molecular weight excluding hydrogens is 661 g/mol. The van der Waals surface area contributed by atoms with Gasteiger partial charge in [-0.05, 0) is 23.3 Å². The van der Waals surface area contributed by atoms with Gasteiger partial charge in [-0.15, -0.1) is 11.8 Å². The fourth-order valence-electron chi connectivity index (χ4n) is 5.26. The number of aliphatic carboxylic acids is 1. The van der Waals surface area contributed by atoms with Crippen LogP contribution >= 0.6 is 11.8 Å². The molecule has 3 heterocycles. The Morgan fingerprint density at radius 1 is 1.02 bits per heavy atom. The number of hydrogen-bond acceptors (Lipinski definition) is 12. The number of carbonyl (C=O) groups is 7. The summed E-state index contributed by atoms with van der Waals surface area (Å²) in [6.45, 7) is 0.458. The number of esters is 1. The Kier molecular flexibility index (Phi) is 11.4. The number of β-lactam (4-membered cyclic amide) rings is 1. The number of carboxylic acid groups (broad SMARTS) is 1. The first-order valence-corrected chi connectivity index (χ1v) is 15.2. The van der Waals surface area contributed by atoms with E-state index < -0.39 is 70.5 Å². The normalized spacial score (nSPS) is 19.4. The summed E-state index contributed by atoms with van der Waals surface area (Å²) in [7, 11) is 0. The minimum atomic E-state index is -1.65. The number of phenolic OH excluding ortho intramolecular Hbond substituents is 2. The van der Waals surface area contributed by atoms with Crippen LogP contribution in [0.25, 0.3) is 0 Å². The van der Waals surface area contributed by atoms with E-state index in [0.29, 0.717) is 16.0 Å². The van der Waals surface area contributed by atoms with E-state index in [1.54, 1.807) is 18.2 Å². The van der Waals surface area contributed by atoms with Crippen LogP contribution < -0.4 is 45.3 Å². The number of urea groups is 1. The van der Waals surface area contributed by atoms with Crippen molar-refractivity contribution < 1.29 is 83.2 Å². The number of piperazine rings is 1. The number of aromatic hydroxyl groups is 2. The topological polar surface area (TPSA) is 226 Å². The average molecular weight is 690 g/mol. The van der Waals surface area contributed by atoms with Crippen LogP contribution in [0, 0.1) is 0 Å². The minimum absolute atomic E-state index is 0. The number of carboxylic acids is 1. The molecule has 0 spiro atoms. The number of amides is 6. The van der Waals surface area contributed by atoms with Crippen LogP contribution in [0.15, 0.2) is 59.8 Å². The SMILES string of the molecule is CC(=O)OCC1=C(C(=O)[O-])N2C(=O)[C@@H](NC(=O)C(NC(=O)N3CCN(Cc4ccc(O)c(O)c4)C(=O)C3=O)c3ccccc3)[C@@H]2SC1.[Na+]. The van der Waals surface area contributed by atoms with E-state index in [4.69, 9.17) is 4.74 Å². The first-order chi connectivity index (χ1) is 22.4. The monoisotopic (exact) mass is 689 g/mol. The molecule has 0 saturated carbocycles. The zero-order chi connectivity index (χ0) is 34.0. The van der Waals surface area contributed by atoms with Gasteiger partial charge in [0, 0.05) is 37.9 Å². The van der Waals surface area contributed by atoms with Crippen molar-refractivity contribution in [3.05, 3.63) is 70.9 Å². The van der Waals surface area contributed by atoms with Crippen molar-refractivity contribution in [3.63, 3.8) is 0 Å². The Hall–Kier alpha value is -4.58. The molecule has 0 radical (unpaired) electrons. The third-order valence-corrected chi connectivity index (χ3v) is 8.96. The third-order valence-electron chi connectivity index (χ3n) is 7.62. The number of fused-ring (bicyclic) bond motifs is 1. The molecule has 246 valence electrons. The molecule has 2 aromatic carbocycles. The zero-order valence-electron chi connectivity index (χ0n) is 25.7. The smallest absolute Gasteiger partial charge is 0.543 e.